The zero-order valence-corrected chi connectivity index (χ0v) is 14.1. The standard InChI is InChI=1S/C18H22N4O2/c1-13-5-3-4-6-16(13)17(23)19-12-15-11-14(2)20-18(21-15)22-7-9-24-10-8-22/h3-6,11H,7-10,12H2,1-2H3,(H,19,23). The van der Waals surface area contributed by atoms with E-state index in [1.54, 1.807) is 0 Å². The smallest absolute Gasteiger partial charge is 0.251 e. The van der Waals surface area contributed by atoms with Crippen LogP contribution in [-0.4, -0.2) is 42.2 Å². The first-order valence-corrected chi connectivity index (χ1v) is 8.14. The molecule has 6 nitrogen and oxygen atoms in total. The maximum absolute atomic E-state index is 12.3. The second kappa shape index (κ2) is 7.40. The maximum atomic E-state index is 12.3. The molecule has 2 aromatic rings. The highest BCUT2D eigenvalue weighted by molar-refractivity contribution is 5.95. The molecule has 1 aromatic heterocycles. The Bertz CT molecular complexity index is 727. The third kappa shape index (κ3) is 3.89. The van der Waals surface area contributed by atoms with Gasteiger partial charge in [-0.05, 0) is 31.5 Å². The zero-order chi connectivity index (χ0) is 16.9. The average Bonchev–Trinajstić information content (AvgIpc) is 2.60. The average molecular weight is 326 g/mol. The lowest BCUT2D eigenvalue weighted by Gasteiger charge is -2.27. The van der Waals surface area contributed by atoms with E-state index in [2.05, 4.69) is 20.2 Å². The van der Waals surface area contributed by atoms with Gasteiger partial charge in [0.2, 0.25) is 5.95 Å². The van der Waals surface area contributed by atoms with Crippen molar-refractivity contribution in [2.24, 2.45) is 0 Å². The van der Waals surface area contributed by atoms with Gasteiger partial charge in [0.1, 0.15) is 0 Å². The lowest BCUT2D eigenvalue weighted by atomic mass is 10.1. The Morgan fingerprint density at radius 3 is 2.71 bits per heavy atom. The maximum Gasteiger partial charge on any atom is 0.251 e. The van der Waals surface area contributed by atoms with Gasteiger partial charge in [-0.3, -0.25) is 4.79 Å². The molecule has 1 saturated heterocycles. The van der Waals surface area contributed by atoms with Crippen molar-refractivity contribution in [3.05, 3.63) is 52.8 Å². The number of rotatable bonds is 4. The molecular weight excluding hydrogens is 304 g/mol. The van der Waals surface area contributed by atoms with Crippen LogP contribution in [0.25, 0.3) is 0 Å². The molecule has 0 unspecified atom stereocenters. The highest BCUT2D eigenvalue weighted by Gasteiger charge is 2.15. The number of carbonyl (C=O) groups excluding carboxylic acids is 1. The van der Waals surface area contributed by atoms with Gasteiger partial charge >= 0.3 is 0 Å². The van der Waals surface area contributed by atoms with Gasteiger partial charge in [-0.15, -0.1) is 0 Å². The normalized spacial score (nSPS) is 14.5. The van der Waals surface area contributed by atoms with Crippen LogP contribution >= 0.6 is 0 Å². The van der Waals surface area contributed by atoms with Crippen LogP contribution in [-0.2, 0) is 11.3 Å². The van der Waals surface area contributed by atoms with Crippen LogP contribution in [0.5, 0.6) is 0 Å². The molecule has 0 bridgehead atoms. The van der Waals surface area contributed by atoms with Gasteiger partial charge in [0.25, 0.3) is 5.91 Å². The Kier molecular flexibility index (Phi) is 5.05. The minimum Gasteiger partial charge on any atom is -0.378 e. The lowest BCUT2D eigenvalue weighted by Crippen LogP contribution is -2.37. The molecule has 0 radical (unpaired) electrons. The number of hydrogen-bond donors (Lipinski definition) is 1. The minimum atomic E-state index is -0.0858. The summed E-state index contributed by atoms with van der Waals surface area (Å²) in [4.78, 5) is 23.5. The van der Waals surface area contributed by atoms with Crippen LogP contribution in [0.4, 0.5) is 5.95 Å². The molecule has 0 spiro atoms. The number of morpholine rings is 1. The molecule has 1 amide bonds. The number of carbonyl (C=O) groups is 1. The molecule has 126 valence electrons. The van der Waals surface area contributed by atoms with E-state index in [1.807, 2.05) is 44.2 Å². The van der Waals surface area contributed by atoms with Crippen molar-refractivity contribution >= 4 is 11.9 Å². The summed E-state index contributed by atoms with van der Waals surface area (Å²) in [5, 5.41) is 2.94. The molecule has 1 N–H and O–H groups in total. The van der Waals surface area contributed by atoms with Crippen LogP contribution < -0.4 is 10.2 Å². The summed E-state index contributed by atoms with van der Waals surface area (Å²) in [7, 11) is 0. The summed E-state index contributed by atoms with van der Waals surface area (Å²) < 4.78 is 5.37. The Morgan fingerprint density at radius 1 is 1.21 bits per heavy atom. The third-order valence-corrected chi connectivity index (χ3v) is 4.01. The van der Waals surface area contributed by atoms with Crippen LogP contribution in [0.3, 0.4) is 0 Å². The van der Waals surface area contributed by atoms with Crippen molar-refractivity contribution in [1.82, 2.24) is 15.3 Å². The first-order chi connectivity index (χ1) is 11.6. The summed E-state index contributed by atoms with van der Waals surface area (Å²) in [5.41, 5.74) is 3.36. The van der Waals surface area contributed by atoms with Crippen molar-refractivity contribution in [1.29, 1.82) is 0 Å². The highest BCUT2D eigenvalue weighted by Crippen LogP contribution is 2.13. The number of anilines is 1. The third-order valence-electron chi connectivity index (χ3n) is 4.01. The number of amides is 1. The molecule has 24 heavy (non-hydrogen) atoms. The second-order valence-electron chi connectivity index (χ2n) is 5.90. The summed E-state index contributed by atoms with van der Waals surface area (Å²) in [6.07, 6.45) is 0. The molecule has 0 atom stereocenters. The number of aromatic nitrogens is 2. The Labute approximate surface area is 141 Å². The number of nitrogens with zero attached hydrogens (tertiary/aromatic N) is 3. The Hall–Kier alpha value is -2.47. The van der Waals surface area contributed by atoms with Crippen LogP contribution in [0.1, 0.15) is 27.3 Å². The molecule has 1 aliphatic heterocycles. The Balaban J connectivity index is 1.70. The largest absolute Gasteiger partial charge is 0.378 e. The van der Waals surface area contributed by atoms with Gasteiger partial charge in [-0.1, -0.05) is 18.2 Å². The van der Waals surface area contributed by atoms with E-state index in [9.17, 15) is 4.79 Å². The van der Waals surface area contributed by atoms with E-state index in [-0.39, 0.29) is 5.91 Å². The van der Waals surface area contributed by atoms with E-state index >= 15 is 0 Å². The summed E-state index contributed by atoms with van der Waals surface area (Å²) in [6, 6.07) is 9.46. The first-order valence-electron chi connectivity index (χ1n) is 8.14. The van der Waals surface area contributed by atoms with Crippen molar-refractivity contribution in [3.63, 3.8) is 0 Å². The molecule has 0 aliphatic carbocycles. The fraction of sp³-hybridized carbons (Fsp3) is 0.389. The monoisotopic (exact) mass is 326 g/mol. The Morgan fingerprint density at radius 2 is 1.96 bits per heavy atom. The summed E-state index contributed by atoms with van der Waals surface area (Å²) in [5.74, 6) is 0.621. The quantitative estimate of drug-likeness (QED) is 0.929. The van der Waals surface area contributed by atoms with E-state index < -0.39 is 0 Å². The number of benzene rings is 1. The molecule has 3 rings (SSSR count). The van der Waals surface area contributed by atoms with E-state index in [4.69, 9.17) is 4.74 Å². The molecule has 1 aromatic carbocycles. The second-order valence-corrected chi connectivity index (χ2v) is 5.90. The van der Waals surface area contributed by atoms with Gasteiger partial charge in [0.15, 0.2) is 0 Å². The fourth-order valence-electron chi connectivity index (χ4n) is 2.71. The predicted octanol–water partition coefficient (Wildman–Crippen LogP) is 1.86. The summed E-state index contributed by atoms with van der Waals surface area (Å²) in [6.45, 7) is 7.22. The summed E-state index contributed by atoms with van der Waals surface area (Å²) >= 11 is 0. The fourth-order valence-corrected chi connectivity index (χ4v) is 2.71. The van der Waals surface area contributed by atoms with Gasteiger partial charge in [-0.2, -0.15) is 0 Å². The molecule has 0 saturated carbocycles. The van der Waals surface area contributed by atoms with Crippen LogP contribution in [0.15, 0.2) is 30.3 Å². The molecular formula is C18H22N4O2. The minimum absolute atomic E-state index is 0.0858. The molecule has 6 heteroatoms. The van der Waals surface area contributed by atoms with Gasteiger partial charge in [0, 0.05) is 24.3 Å². The van der Waals surface area contributed by atoms with Crippen molar-refractivity contribution in [3.8, 4) is 0 Å². The van der Waals surface area contributed by atoms with Crippen molar-refractivity contribution < 1.29 is 9.53 Å². The lowest BCUT2D eigenvalue weighted by molar-refractivity contribution is 0.0950. The molecule has 1 fully saturated rings. The number of nitrogens with one attached hydrogen (secondary N) is 1. The van der Waals surface area contributed by atoms with E-state index in [0.717, 1.165) is 30.0 Å². The van der Waals surface area contributed by atoms with Crippen molar-refractivity contribution in [2.75, 3.05) is 31.2 Å². The molecule has 2 heterocycles. The zero-order valence-electron chi connectivity index (χ0n) is 14.1. The van der Waals surface area contributed by atoms with Gasteiger partial charge < -0.3 is 15.0 Å². The number of aryl methyl sites for hydroxylation is 2. The molecule has 1 aliphatic rings. The van der Waals surface area contributed by atoms with Crippen molar-refractivity contribution in [2.45, 2.75) is 20.4 Å². The number of ether oxygens (including phenoxy) is 1. The SMILES string of the molecule is Cc1cc(CNC(=O)c2ccccc2C)nc(N2CCOCC2)n1. The van der Waals surface area contributed by atoms with Crippen LogP contribution in [0.2, 0.25) is 0 Å². The topological polar surface area (TPSA) is 67.4 Å². The van der Waals surface area contributed by atoms with Crippen LogP contribution in [0, 0.1) is 13.8 Å². The number of hydrogen-bond acceptors (Lipinski definition) is 5. The van der Waals surface area contributed by atoms with E-state index in [0.29, 0.717) is 31.3 Å². The van der Waals surface area contributed by atoms with Gasteiger partial charge in [0.05, 0.1) is 25.5 Å². The first kappa shape index (κ1) is 16.4. The highest BCUT2D eigenvalue weighted by atomic mass is 16.5. The van der Waals surface area contributed by atoms with Gasteiger partial charge in [-0.25, -0.2) is 9.97 Å². The predicted molar refractivity (Wildman–Crippen MR) is 92.2 cm³/mol. The van der Waals surface area contributed by atoms with E-state index in [1.165, 1.54) is 0 Å².